The quantitative estimate of drug-likeness (QED) is 0.548. The van der Waals surface area contributed by atoms with Crippen LogP contribution < -0.4 is 5.73 Å². The summed E-state index contributed by atoms with van der Waals surface area (Å²) in [5, 5.41) is 0. The number of nitrogens with two attached hydrogens (primary N) is 1. The maximum atomic E-state index is 10.1. The summed E-state index contributed by atoms with van der Waals surface area (Å²) in [7, 11) is 0. The van der Waals surface area contributed by atoms with E-state index in [0.29, 0.717) is 5.82 Å². The molecular formula is C10H12N2O. The average molecular weight is 176 g/mol. The van der Waals surface area contributed by atoms with Crippen molar-refractivity contribution in [3.63, 3.8) is 0 Å². The highest BCUT2D eigenvalue weighted by atomic mass is 16.1. The summed E-state index contributed by atoms with van der Waals surface area (Å²) in [6, 6.07) is 1.79. The Hall–Kier alpha value is -1.64. The summed E-state index contributed by atoms with van der Waals surface area (Å²) in [5.74, 6) is 0.512. The molecule has 0 amide bonds. The number of anilines is 1. The zero-order valence-corrected chi connectivity index (χ0v) is 7.74. The van der Waals surface area contributed by atoms with E-state index >= 15 is 0 Å². The van der Waals surface area contributed by atoms with Crippen LogP contribution in [0.15, 0.2) is 12.1 Å². The third-order valence-corrected chi connectivity index (χ3v) is 1.82. The fourth-order valence-corrected chi connectivity index (χ4v) is 1.26. The second-order valence-corrected chi connectivity index (χ2v) is 2.86. The summed E-state index contributed by atoms with van der Waals surface area (Å²) in [6.07, 6.45) is 3.94. The van der Waals surface area contributed by atoms with Gasteiger partial charge in [-0.3, -0.25) is 4.79 Å². The summed E-state index contributed by atoms with van der Waals surface area (Å²) in [4.78, 5) is 14.2. The Kier molecular flexibility index (Phi) is 2.80. The van der Waals surface area contributed by atoms with Crippen LogP contribution in [0, 0.1) is 13.8 Å². The van der Waals surface area contributed by atoms with Crippen LogP contribution in [0.2, 0.25) is 0 Å². The minimum Gasteiger partial charge on any atom is -0.384 e. The van der Waals surface area contributed by atoms with Crippen LogP contribution >= 0.6 is 0 Å². The number of hydrogen-bond donors (Lipinski definition) is 1. The van der Waals surface area contributed by atoms with Crippen LogP contribution in [0.5, 0.6) is 0 Å². The van der Waals surface area contributed by atoms with Gasteiger partial charge < -0.3 is 5.73 Å². The molecule has 3 heteroatoms. The average Bonchev–Trinajstić information content (AvgIpc) is 2.02. The number of rotatable bonds is 2. The van der Waals surface area contributed by atoms with Crippen molar-refractivity contribution in [2.45, 2.75) is 13.8 Å². The first-order valence-electron chi connectivity index (χ1n) is 4.00. The maximum Gasteiger partial charge on any atom is 0.142 e. The van der Waals surface area contributed by atoms with E-state index in [1.54, 1.807) is 12.1 Å². The van der Waals surface area contributed by atoms with Crippen LogP contribution in [-0.4, -0.2) is 11.3 Å². The van der Waals surface area contributed by atoms with Gasteiger partial charge in [0.15, 0.2) is 0 Å². The Morgan fingerprint density at radius 2 is 2.15 bits per heavy atom. The highest BCUT2D eigenvalue weighted by Gasteiger charge is 2.01. The zero-order chi connectivity index (χ0) is 9.84. The van der Waals surface area contributed by atoms with E-state index < -0.39 is 0 Å². The molecule has 1 rings (SSSR count). The van der Waals surface area contributed by atoms with Crippen molar-refractivity contribution in [1.29, 1.82) is 0 Å². The Morgan fingerprint density at radius 3 is 2.69 bits per heavy atom. The van der Waals surface area contributed by atoms with Crippen molar-refractivity contribution in [2.75, 3.05) is 5.73 Å². The number of carbonyl (C=O) groups is 1. The number of nitrogen functional groups attached to an aromatic ring is 1. The van der Waals surface area contributed by atoms with E-state index in [4.69, 9.17) is 5.73 Å². The lowest BCUT2D eigenvalue weighted by Gasteiger charge is -2.04. The van der Waals surface area contributed by atoms with Crippen molar-refractivity contribution in [3.8, 4) is 0 Å². The summed E-state index contributed by atoms with van der Waals surface area (Å²) in [5.41, 5.74) is 8.39. The summed E-state index contributed by atoms with van der Waals surface area (Å²) in [6.45, 7) is 3.81. The topological polar surface area (TPSA) is 56.0 Å². The van der Waals surface area contributed by atoms with E-state index in [1.165, 1.54) is 6.08 Å². The van der Waals surface area contributed by atoms with Crippen molar-refractivity contribution >= 4 is 18.2 Å². The standard InChI is InChI=1S/C10H12N2O/c1-7-6-10(11)12-8(2)9(7)4-3-5-13/h3-6H,1-2H3,(H2,11,12). The third-order valence-electron chi connectivity index (χ3n) is 1.82. The van der Waals surface area contributed by atoms with Crippen molar-refractivity contribution in [3.05, 3.63) is 29.0 Å². The van der Waals surface area contributed by atoms with Gasteiger partial charge in [0.2, 0.25) is 0 Å². The molecule has 3 nitrogen and oxygen atoms in total. The lowest BCUT2D eigenvalue weighted by Crippen LogP contribution is -1.97. The number of nitrogens with zero attached hydrogens (tertiary/aromatic N) is 1. The molecule has 0 aliphatic heterocycles. The Bertz CT molecular complexity index is 333. The number of allylic oxidation sites excluding steroid dienone is 1. The molecule has 1 heterocycles. The lowest BCUT2D eigenvalue weighted by molar-refractivity contribution is -0.104. The van der Waals surface area contributed by atoms with Gasteiger partial charge in [-0.15, -0.1) is 0 Å². The molecule has 0 aliphatic rings. The molecule has 0 spiro atoms. The van der Waals surface area contributed by atoms with Gasteiger partial charge in [-0.2, -0.15) is 0 Å². The molecule has 0 radical (unpaired) electrons. The van der Waals surface area contributed by atoms with Crippen LogP contribution in [0.1, 0.15) is 16.8 Å². The largest absolute Gasteiger partial charge is 0.384 e. The molecule has 0 saturated heterocycles. The highest BCUT2D eigenvalue weighted by molar-refractivity contribution is 5.75. The fourth-order valence-electron chi connectivity index (χ4n) is 1.26. The zero-order valence-electron chi connectivity index (χ0n) is 7.74. The van der Waals surface area contributed by atoms with Gasteiger partial charge in [0.25, 0.3) is 0 Å². The first-order chi connectivity index (χ1) is 6.15. The Labute approximate surface area is 77.3 Å². The number of aryl methyl sites for hydroxylation is 2. The second kappa shape index (κ2) is 3.85. The summed E-state index contributed by atoms with van der Waals surface area (Å²) < 4.78 is 0. The molecule has 0 fully saturated rings. The first-order valence-corrected chi connectivity index (χ1v) is 4.00. The van der Waals surface area contributed by atoms with Gasteiger partial charge in [-0.1, -0.05) is 0 Å². The van der Waals surface area contributed by atoms with Gasteiger partial charge >= 0.3 is 0 Å². The monoisotopic (exact) mass is 176 g/mol. The molecule has 68 valence electrons. The van der Waals surface area contributed by atoms with E-state index in [1.807, 2.05) is 13.8 Å². The summed E-state index contributed by atoms with van der Waals surface area (Å²) >= 11 is 0. The van der Waals surface area contributed by atoms with Gasteiger partial charge in [0, 0.05) is 5.69 Å². The second-order valence-electron chi connectivity index (χ2n) is 2.86. The third kappa shape index (κ3) is 2.15. The highest BCUT2D eigenvalue weighted by Crippen LogP contribution is 2.15. The van der Waals surface area contributed by atoms with Crippen LogP contribution in [0.3, 0.4) is 0 Å². The minimum absolute atomic E-state index is 0.512. The van der Waals surface area contributed by atoms with Crippen LogP contribution in [0.4, 0.5) is 5.82 Å². The molecule has 0 aliphatic carbocycles. The first kappa shape index (κ1) is 9.45. The smallest absolute Gasteiger partial charge is 0.142 e. The van der Waals surface area contributed by atoms with E-state index in [-0.39, 0.29) is 0 Å². The molecule has 0 atom stereocenters. The number of hydrogen-bond acceptors (Lipinski definition) is 3. The van der Waals surface area contributed by atoms with Crippen molar-refractivity contribution < 1.29 is 4.79 Å². The van der Waals surface area contributed by atoms with E-state index in [9.17, 15) is 4.79 Å². The molecule has 0 saturated carbocycles. The predicted molar refractivity (Wildman–Crippen MR) is 53.2 cm³/mol. The van der Waals surface area contributed by atoms with Gasteiger partial charge in [0.05, 0.1) is 0 Å². The molecule has 0 unspecified atom stereocenters. The van der Waals surface area contributed by atoms with Crippen molar-refractivity contribution in [2.24, 2.45) is 0 Å². The molecule has 2 N–H and O–H groups in total. The Balaban J connectivity index is 3.20. The molecule has 13 heavy (non-hydrogen) atoms. The maximum absolute atomic E-state index is 10.1. The lowest BCUT2D eigenvalue weighted by atomic mass is 10.1. The van der Waals surface area contributed by atoms with Crippen LogP contribution in [0.25, 0.3) is 6.08 Å². The number of carbonyl (C=O) groups excluding carboxylic acids is 1. The SMILES string of the molecule is Cc1cc(N)nc(C)c1C=CC=O. The normalized spacial score (nSPS) is 10.6. The number of pyridine rings is 1. The van der Waals surface area contributed by atoms with Gasteiger partial charge in [-0.05, 0) is 43.2 Å². The molecule has 1 aromatic rings. The predicted octanol–water partition coefficient (Wildman–Crippen LogP) is 1.49. The molecule has 0 bridgehead atoms. The number of aldehydes is 1. The van der Waals surface area contributed by atoms with Crippen LogP contribution in [-0.2, 0) is 4.79 Å². The number of aromatic nitrogens is 1. The molecular weight excluding hydrogens is 164 g/mol. The van der Waals surface area contributed by atoms with Crippen molar-refractivity contribution in [1.82, 2.24) is 4.98 Å². The van der Waals surface area contributed by atoms with Gasteiger partial charge in [-0.25, -0.2) is 4.98 Å². The van der Waals surface area contributed by atoms with Gasteiger partial charge in [0.1, 0.15) is 12.1 Å². The Morgan fingerprint density at radius 1 is 1.46 bits per heavy atom. The van der Waals surface area contributed by atoms with E-state index in [2.05, 4.69) is 4.98 Å². The minimum atomic E-state index is 0.512. The molecule has 0 aromatic carbocycles. The molecule has 1 aromatic heterocycles. The van der Waals surface area contributed by atoms with E-state index in [0.717, 1.165) is 23.1 Å². The fraction of sp³-hybridized carbons (Fsp3) is 0.200.